The summed E-state index contributed by atoms with van der Waals surface area (Å²) in [4.78, 5) is 8.50. The second kappa shape index (κ2) is 5.11. The van der Waals surface area contributed by atoms with Crippen molar-refractivity contribution in [3.8, 4) is 0 Å². The summed E-state index contributed by atoms with van der Waals surface area (Å²) in [5, 5.41) is 3.17. The van der Waals surface area contributed by atoms with Crippen molar-refractivity contribution in [1.29, 1.82) is 0 Å². The van der Waals surface area contributed by atoms with Crippen LogP contribution in [0.1, 0.15) is 5.69 Å². The van der Waals surface area contributed by atoms with Crippen molar-refractivity contribution in [2.75, 3.05) is 11.9 Å². The minimum atomic E-state index is 0.708. The van der Waals surface area contributed by atoms with Gasteiger partial charge >= 0.3 is 0 Å². The maximum absolute atomic E-state index is 4.28. The Kier molecular flexibility index (Phi) is 3.33. The summed E-state index contributed by atoms with van der Waals surface area (Å²) in [5.41, 5.74) is 1.02. The Morgan fingerprint density at radius 1 is 1.31 bits per heavy atom. The zero-order chi connectivity index (χ0) is 11.2. The summed E-state index contributed by atoms with van der Waals surface area (Å²) in [6.45, 7) is 5.09. The highest BCUT2D eigenvalue weighted by Crippen LogP contribution is 2.07. The molecule has 0 atom stereocenters. The molecular weight excluding hydrogens is 200 g/mol. The monoisotopic (exact) mass is 214 g/mol. The molecule has 0 fully saturated rings. The summed E-state index contributed by atoms with van der Waals surface area (Å²) in [7, 11) is 0. The number of rotatable bonds is 5. The number of nitrogens with one attached hydrogen (secondary N) is 1. The molecule has 0 amide bonds. The Bertz CT molecular complexity index is 447. The zero-order valence-electron chi connectivity index (χ0n) is 9.00. The fourth-order valence-corrected chi connectivity index (χ4v) is 1.43. The summed E-state index contributed by atoms with van der Waals surface area (Å²) in [6, 6.07) is 5.89. The normalized spacial score (nSPS) is 10.0. The molecule has 0 saturated carbocycles. The molecule has 0 unspecified atom stereocenters. The molecule has 0 aromatic carbocycles. The van der Waals surface area contributed by atoms with Crippen molar-refractivity contribution in [1.82, 2.24) is 14.5 Å². The van der Waals surface area contributed by atoms with Gasteiger partial charge in [0.1, 0.15) is 0 Å². The van der Waals surface area contributed by atoms with Gasteiger partial charge in [0, 0.05) is 25.1 Å². The first-order valence-electron chi connectivity index (χ1n) is 5.16. The van der Waals surface area contributed by atoms with Crippen LogP contribution in [0.5, 0.6) is 0 Å². The van der Waals surface area contributed by atoms with Gasteiger partial charge in [-0.1, -0.05) is 12.1 Å². The minimum Gasteiger partial charge on any atom is -0.352 e. The Morgan fingerprint density at radius 2 is 2.25 bits per heavy atom. The molecule has 4 heteroatoms. The van der Waals surface area contributed by atoms with Crippen molar-refractivity contribution in [2.24, 2.45) is 0 Å². The number of pyridine rings is 1. The quantitative estimate of drug-likeness (QED) is 0.773. The average molecular weight is 214 g/mol. The van der Waals surface area contributed by atoms with Crippen molar-refractivity contribution < 1.29 is 0 Å². The van der Waals surface area contributed by atoms with Crippen molar-refractivity contribution in [2.45, 2.75) is 6.54 Å². The van der Waals surface area contributed by atoms with E-state index in [1.54, 1.807) is 18.5 Å². The highest BCUT2D eigenvalue weighted by Gasteiger charge is 2.02. The first-order valence-corrected chi connectivity index (χ1v) is 5.16. The van der Waals surface area contributed by atoms with Gasteiger partial charge in [-0.2, -0.15) is 0 Å². The van der Waals surface area contributed by atoms with E-state index >= 15 is 0 Å². The van der Waals surface area contributed by atoms with Crippen LogP contribution < -0.4 is 5.32 Å². The lowest BCUT2D eigenvalue weighted by molar-refractivity contribution is 0.778. The molecule has 0 bridgehead atoms. The second-order valence-electron chi connectivity index (χ2n) is 3.37. The number of anilines is 1. The number of aromatic nitrogens is 3. The summed E-state index contributed by atoms with van der Waals surface area (Å²) in [6.07, 6.45) is 7.30. The van der Waals surface area contributed by atoms with Crippen LogP contribution in [-0.4, -0.2) is 21.1 Å². The molecule has 82 valence electrons. The van der Waals surface area contributed by atoms with E-state index in [1.807, 2.05) is 29.0 Å². The molecule has 2 heterocycles. The fourth-order valence-electron chi connectivity index (χ4n) is 1.43. The molecule has 0 aliphatic carbocycles. The molecule has 0 aliphatic heterocycles. The highest BCUT2D eigenvalue weighted by molar-refractivity contribution is 5.27. The zero-order valence-corrected chi connectivity index (χ0v) is 9.00. The molecule has 4 nitrogen and oxygen atoms in total. The molecule has 1 N–H and O–H groups in total. The van der Waals surface area contributed by atoms with E-state index in [2.05, 4.69) is 21.9 Å². The number of nitrogens with zero attached hydrogens (tertiary/aromatic N) is 3. The molecular formula is C12H14N4. The number of hydrogen-bond acceptors (Lipinski definition) is 3. The predicted octanol–water partition coefficient (Wildman–Crippen LogP) is 1.92. The Balaban J connectivity index is 2.09. The van der Waals surface area contributed by atoms with Gasteiger partial charge in [-0.15, -0.1) is 6.58 Å². The van der Waals surface area contributed by atoms with E-state index < -0.39 is 0 Å². The summed E-state index contributed by atoms with van der Waals surface area (Å²) >= 11 is 0. The van der Waals surface area contributed by atoms with Gasteiger partial charge in [0.25, 0.3) is 0 Å². The Labute approximate surface area is 94.7 Å². The third kappa shape index (κ3) is 2.48. The standard InChI is InChI=1S/C12H14N4/c1-2-6-14-12-15-8-9-16(12)10-11-5-3-4-7-13-11/h2-5,7-9H,1,6,10H2,(H,14,15). The minimum absolute atomic E-state index is 0.708. The van der Waals surface area contributed by atoms with Crippen LogP contribution >= 0.6 is 0 Å². The maximum Gasteiger partial charge on any atom is 0.203 e. The highest BCUT2D eigenvalue weighted by atomic mass is 15.2. The van der Waals surface area contributed by atoms with E-state index in [-0.39, 0.29) is 0 Å². The predicted molar refractivity (Wildman–Crippen MR) is 64.3 cm³/mol. The third-order valence-corrected chi connectivity index (χ3v) is 2.18. The maximum atomic E-state index is 4.28. The van der Waals surface area contributed by atoms with Gasteiger partial charge in [-0.3, -0.25) is 4.98 Å². The molecule has 0 spiro atoms. The van der Waals surface area contributed by atoms with Crippen LogP contribution in [0, 0.1) is 0 Å². The first kappa shape index (κ1) is 10.4. The van der Waals surface area contributed by atoms with E-state index in [1.165, 1.54) is 0 Å². The van der Waals surface area contributed by atoms with E-state index in [0.29, 0.717) is 6.54 Å². The van der Waals surface area contributed by atoms with Crippen LogP contribution in [-0.2, 0) is 6.54 Å². The summed E-state index contributed by atoms with van der Waals surface area (Å²) in [5.74, 6) is 0.838. The van der Waals surface area contributed by atoms with Crippen molar-refractivity contribution >= 4 is 5.95 Å². The first-order chi connectivity index (χ1) is 7.90. The Hall–Kier alpha value is -2.10. The lowest BCUT2D eigenvalue weighted by Crippen LogP contribution is -2.08. The smallest absolute Gasteiger partial charge is 0.203 e. The Morgan fingerprint density at radius 3 is 3.00 bits per heavy atom. The van der Waals surface area contributed by atoms with Gasteiger partial charge in [-0.05, 0) is 12.1 Å². The van der Waals surface area contributed by atoms with Gasteiger partial charge in [0.05, 0.1) is 12.2 Å². The van der Waals surface area contributed by atoms with Crippen LogP contribution in [0.25, 0.3) is 0 Å². The van der Waals surface area contributed by atoms with Gasteiger partial charge in [0.2, 0.25) is 5.95 Å². The third-order valence-electron chi connectivity index (χ3n) is 2.18. The van der Waals surface area contributed by atoms with E-state index in [9.17, 15) is 0 Å². The van der Waals surface area contributed by atoms with E-state index in [4.69, 9.17) is 0 Å². The lowest BCUT2D eigenvalue weighted by atomic mass is 10.3. The van der Waals surface area contributed by atoms with Crippen LogP contribution in [0.4, 0.5) is 5.95 Å². The molecule has 16 heavy (non-hydrogen) atoms. The fraction of sp³-hybridized carbons (Fsp3) is 0.167. The topological polar surface area (TPSA) is 42.7 Å². The van der Waals surface area contributed by atoms with E-state index in [0.717, 1.165) is 18.2 Å². The number of imidazole rings is 1. The molecule has 0 saturated heterocycles. The molecule has 2 aromatic rings. The van der Waals surface area contributed by atoms with Crippen LogP contribution in [0.3, 0.4) is 0 Å². The lowest BCUT2D eigenvalue weighted by Gasteiger charge is -2.07. The van der Waals surface area contributed by atoms with Crippen LogP contribution in [0.15, 0.2) is 49.4 Å². The van der Waals surface area contributed by atoms with Crippen molar-refractivity contribution in [3.63, 3.8) is 0 Å². The summed E-state index contributed by atoms with van der Waals surface area (Å²) < 4.78 is 2.02. The van der Waals surface area contributed by atoms with Crippen molar-refractivity contribution in [3.05, 3.63) is 55.1 Å². The van der Waals surface area contributed by atoms with Gasteiger partial charge in [-0.25, -0.2) is 4.98 Å². The number of hydrogen-bond donors (Lipinski definition) is 1. The largest absolute Gasteiger partial charge is 0.352 e. The van der Waals surface area contributed by atoms with Gasteiger partial charge in [0.15, 0.2) is 0 Å². The molecule has 2 aromatic heterocycles. The van der Waals surface area contributed by atoms with Crippen LogP contribution in [0.2, 0.25) is 0 Å². The molecule has 2 rings (SSSR count). The SMILES string of the molecule is C=CCNc1nccn1Cc1ccccn1. The average Bonchev–Trinajstić information content (AvgIpc) is 2.75. The second-order valence-corrected chi connectivity index (χ2v) is 3.37. The molecule has 0 radical (unpaired) electrons. The van der Waals surface area contributed by atoms with Gasteiger partial charge < -0.3 is 9.88 Å². The molecule has 0 aliphatic rings.